The Morgan fingerprint density at radius 3 is 1.92 bits per heavy atom. The van der Waals surface area contributed by atoms with E-state index < -0.39 is 23.4 Å². The van der Waals surface area contributed by atoms with Gasteiger partial charge in [0.25, 0.3) is 5.97 Å². The van der Waals surface area contributed by atoms with Crippen molar-refractivity contribution in [3.8, 4) is 0 Å². The molecule has 2 aliphatic carbocycles. The molecule has 6 heteroatoms. The largest absolute Gasteiger partial charge is 0.481 e. The van der Waals surface area contributed by atoms with E-state index in [0.29, 0.717) is 5.92 Å². The highest BCUT2D eigenvalue weighted by atomic mass is 16.6. The van der Waals surface area contributed by atoms with Crippen molar-refractivity contribution in [1.82, 2.24) is 0 Å². The van der Waals surface area contributed by atoms with Crippen molar-refractivity contribution in [3.63, 3.8) is 0 Å². The molecule has 0 aliphatic heterocycles. The van der Waals surface area contributed by atoms with E-state index in [9.17, 15) is 9.59 Å². The van der Waals surface area contributed by atoms with Gasteiger partial charge in [-0.1, -0.05) is 13.8 Å². The zero-order valence-corrected chi connectivity index (χ0v) is 16.2. The van der Waals surface area contributed by atoms with Gasteiger partial charge in [0.05, 0.1) is 11.8 Å². The molecule has 0 aromatic heterocycles. The summed E-state index contributed by atoms with van der Waals surface area (Å²) in [5.74, 6) is -1.07. The van der Waals surface area contributed by atoms with Crippen LogP contribution in [0.4, 0.5) is 0 Å². The molecule has 0 aromatic rings. The first kappa shape index (κ1) is 21.5. The fraction of sp³-hybridized carbons (Fsp3) is 0.842. The molecule has 0 radical (unpaired) electrons. The first-order valence-electron chi connectivity index (χ1n) is 9.03. The predicted molar refractivity (Wildman–Crippen MR) is 92.8 cm³/mol. The lowest BCUT2D eigenvalue weighted by Crippen LogP contribution is -2.35. The van der Waals surface area contributed by atoms with Crippen molar-refractivity contribution in [2.75, 3.05) is 0 Å². The molecule has 0 amide bonds. The molecule has 2 saturated carbocycles. The van der Waals surface area contributed by atoms with Crippen molar-refractivity contribution in [1.29, 1.82) is 0 Å². The van der Waals surface area contributed by atoms with Crippen LogP contribution in [-0.4, -0.2) is 34.7 Å². The number of fused-ring (bicyclic) bond motifs is 2. The first-order valence-corrected chi connectivity index (χ1v) is 9.03. The summed E-state index contributed by atoms with van der Waals surface area (Å²) in [5, 5.41) is 7.42. The maximum absolute atomic E-state index is 12.3. The molecule has 25 heavy (non-hydrogen) atoms. The van der Waals surface area contributed by atoms with Crippen LogP contribution in [0.3, 0.4) is 0 Å². The van der Waals surface area contributed by atoms with E-state index in [-0.39, 0.29) is 18.0 Å². The second-order valence-electron chi connectivity index (χ2n) is 8.28. The van der Waals surface area contributed by atoms with Crippen LogP contribution in [0.2, 0.25) is 0 Å². The maximum atomic E-state index is 12.3. The van der Waals surface area contributed by atoms with E-state index in [4.69, 9.17) is 19.4 Å². The summed E-state index contributed by atoms with van der Waals surface area (Å²) < 4.78 is 11.0. The number of hydrogen-bond acceptors (Lipinski definition) is 5. The Balaban J connectivity index is 0.000000705. The molecule has 2 aliphatic rings. The molecule has 2 bridgehead atoms. The zero-order valence-electron chi connectivity index (χ0n) is 16.2. The summed E-state index contributed by atoms with van der Waals surface area (Å²) in [5.41, 5.74) is -0.528. The summed E-state index contributed by atoms with van der Waals surface area (Å²) in [6.07, 6.45) is 4.74. The number of carbonyl (C=O) groups excluding carboxylic acids is 2. The lowest BCUT2D eigenvalue weighted by Gasteiger charge is -2.27. The third-order valence-corrected chi connectivity index (χ3v) is 4.84. The molecule has 5 atom stereocenters. The van der Waals surface area contributed by atoms with Gasteiger partial charge in [-0.3, -0.25) is 14.4 Å². The Labute approximate surface area is 150 Å². The molecule has 0 saturated heterocycles. The average molecular weight is 356 g/mol. The van der Waals surface area contributed by atoms with E-state index in [0.717, 1.165) is 19.3 Å². The highest BCUT2D eigenvalue weighted by Crippen LogP contribution is 2.46. The number of carboxylic acid groups (broad SMARTS) is 1. The number of ether oxygens (including phenoxy) is 2. The van der Waals surface area contributed by atoms with E-state index in [1.54, 1.807) is 13.8 Å². The Hall–Kier alpha value is -1.59. The van der Waals surface area contributed by atoms with Gasteiger partial charge in [-0.05, 0) is 58.3 Å². The highest BCUT2D eigenvalue weighted by molar-refractivity contribution is 5.81. The van der Waals surface area contributed by atoms with Gasteiger partial charge in [0.1, 0.15) is 11.7 Å². The van der Waals surface area contributed by atoms with Crippen molar-refractivity contribution in [2.45, 2.75) is 78.9 Å². The molecule has 2 rings (SSSR count). The van der Waals surface area contributed by atoms with Gasteiger partial charge in [0.2, 0.25) is 0 Å². The normalized spacial score (nSPS) is 26.9. The van der Waals surface area contributed by atoms with Crippen LogP contribution in [0.25, 0.3) is 0 Å². The molecule has 0 spiro atoms. The van der Waals surface area contributed by atoms with Crippen LogP contribution < -0.4 is 0 Å². The van der Waals surface area contributed by atoms with Crippen molar-refractivity contribution < 1.29 is 29.0 Å². The zero-order chi connectivity index (χ0) is 19.4. The van der Waals surface area contributed by atoms with Gasteiger partial charge in [0.15, 0.2) is 0 Å². The second-order valence-corrected chi connectivity index (χ2v) is 8.28. The minimum atomic E-state index is -0.833. The summed E-state index contributed by atoms with van der Waals surface area (Å²) in [6, 6.07) is 0. The van der Waals surface area contributed by atoms with Crippen molar-refractivity contribution in [2.24, 2.45) is 23.7 Å². The van der Waals surface area contributed by atoms with Gasteiger partial charge in [-0.2, -0.15) is 0 Å². The van der Waals surface area contributed by atoms with Crippen LogP contribution in [-0.2, 0) is 23.9 Å². The van der Waals surface area contributed by atoms with E-state index in [2.05, 4.69) is 0 Å². The standard InChI is InChI=1S/C17H28O4.C2H4O2/c1-10(11(2)16(19)21-17(3,4)5)15(18)20-14-9-12-6-7-13(14)8-12;1-2(3)4/h10-14H,6-9H2,1-5H3;1H3,(H,3,4). The fourth-order valence-corrected chi connectivity index (χ4v) is 3.39. The van der Waals surface area contributed by atoms with Crippen molar-refractivity contribution >= 4 is 17.9 Å². The number of aliphatic carboxylic acids is 1. The Bertz CT molecular complexity index is 489. The molecule has 0 aromatic carbocycles. The van der Waals surface area contributed by atoms with Gasteiger partial charge >= 0.3 is 11.9 Å². The lowest BCUT2D eigenvalue weighted by atomic mass is 9.94. The average Bonchev–Trinajstić information content (AvgIpc) is 3.05. The molecule has 1 N–H and O–H groups in total. The Kier molecular flexibility index (Phi) is 7.44. The van der Waals surface area contributed by atoms with Crippen LogP contribution >= 0.6 is 0 Å². The summed E-state index contributed by atoms with van der Waals surface area (Å²) in [6.45, 7) is 10.1. The molecule has 6 nitrogen and oxygen atoms in total. The van der Waals surface area contributed by atoms with Crippen LogP contribution in [0.5, 0.6) is 0 Å². The molecular formula is C19H32O6. The highest BCUT2D eigenvalue weighted by Gasteiger charge is 2.42. The number of carboxylic acids is 1. The molecule has 144 valence electrons. The quantitative estimate of drug-likeness (QED) is 0.776. The number of hydrogen-bond donors (Lipinski definition) is 1. The van der Waals surface area contributed by atoms with E-state index in [1.165, 1.54) is 19.3 Å². The van der Waals surface area contributed by atoms with Gasteiger partial charge < -0.3 is 14.6 Å². The van der Waals surface area contributed by atoms with Crippen LogP contribution in [0.15, 0.2) is 0 Å². The van der Waals surface area contributed by atoms with Crippen LogP contribution in [0.1, 0.15) is 67.2 Å². The maximum Gasteiger partial charge on any atom is 0.310 e. The minimum absolute atomic E-state index is 0.0736. The molecular weight excluding hydrogens is 324 g/mol. The molecule has 2 fully saturated rings. The third-order valence-electron chi connectivity index (χ3n) is 4.84. The summed E-state index contributed by atoms with van der Waals surface area (Å²) in [4.78, 5) is 33.3. The first-order chi connectivity index (χ1) is 11.4. The fourth-order valence-electron chi connectivity index (χ4n) is 3.39. The topological polar surface area (TPSA) is 89.9 Å². The molecule has 5 unspecified atom stereocenters. The molecule has 0 heterocycles. The summed E-state index contributed by atoms with van der Waals surface area (Å²) in [7, 11) is 0. The smallest absolute Gasteiger partial charge is 0.310 e. The number of esters is 2. The monoisotopic (exact) mass is 356 g/mol. The van der Waals surface area contributed by atoms with E-state index >= 15 is 0 Å². The van der Waals surface area contributed by atoms with Crippen molar-refractivity contribution in [3.05, 3.63) is 0 Å². The Morgan fingerprint density at radius 1 is 1.00 bits per heavy atom. The SMILES string of the molecule is CC(=O)O.CC(C(=O)OC1CC2CCC1C2)C(C)C(=O)OC(C)(C)C. The minimum Gasteiger partial charge on any atom is -0.481 e. The number of carbonyl (C=O) groups is 3. The van der Waals surface area contributed by atoms with E-state index in [1.807, 2.05) is 20.8 Å². The third kappa shape index (κ3) is 7.04. The van der Waals surface area contributed by atoms with Gasteiger partial charge in [0, 0.05) is 6.92 Å². The van der Waals surface area contributed by atoms with Gasteiger partial charge in [-0.25, -0.2) is 0 Å². The predicted octanol–water partition coefficient (Wildman–Crippen LogP) is 3.42. The second kappa shape index (κ2) is 8.68. The Morgan fingerprint density at radius 2 is 1.52 bits per heavy atom. The lowest BCUT2D eigenvalue weighted by molar-refractivity contribution is -0.169. The van der Waals surface area contributed by atoms with Gasteiger partial charge in [-0.15, -0.1) is 0 Å². The van der Waals surface area contributed by atoms with Crippen LogP contribution in [0, 0.1) is 23.7 Å². The number of rotatable bonds is 4. The summed E-state index contributed by atoms with van der Waals surface area (Å²) >= 11 is 0.